The van der Waals surface area contributed by atoms with E-state index in [0.29, 0.717) is 11.4 Å². The summed E-state index contributed by atoms with van der Waals surface area (Å²) in [5.41, 5.74) is 2.13. The summed E-state index contributed by atoms with van der Waals surface area (Å²) in [6, 6.07) is 5.25. The van der Waals surface area contributed by atoms with Crippen LogP contribution >= 0.6 is 11.8 Å². The van der Waals surface area contributed by atoms with Crippen molar-refractivity contribution in [1.82, 2.24) is 10.0 Å². The molecular weight excluding hydrogens is 304 g/mol. The summed E-state index contributed by atoms with van der Waals surface area (Å²) in [5, 5.41) is 3.23. The summed E-state index contributed by atoms with van der Waals surface area (Å²) in [6.45, 7) is 7.48. The van der Waals surface area contributed by atoms with Crippen LogP contribution in [0, 0.1) is 6.92 Å². The van der Waals surface area contributed by atoms with E-state index in [1.54, 1.807) is 23.9 Å². The van der Waals surface area contributed by atoms with Crippen LogP contribution < -0.4 is 10.0 Å². The van der Waals surface area contributed by atoms with Crippen LogP contribution in [0.3, 0.4) is 0 Å². The summed E-state index contributed by atoms with van der Waals surface area (Å²) < 4.78 is 27.6. The molecule has 1 unspecified atom stereocenters. The van der Waals surface area contributed by atoms with Gasteiger partial charge in [-0.2, -0.15) is 11.8 Å². The van der Waals surface area contributed by atoms with Gasteiger partial charge in [0.1, 0.15) is 0 Å². The maximum Gasteiger partial charge on any atom is 0.240 e. The largest absolute Gasteiger partial charge is 0.313 e. The zero-order chi connectivity index (χ0) is 15.9. The number of aryl methyl sites for hydroxylation is 1. The number of hydrogen-bond acceptors (Lipinski definition) is 4. The third-order valence-corrected chi connectivity index (χ3v) is 5.54. The molecule has 1 aromatic carbocycles. The molecule has 0 aromatic heterocycles. The predicted molar refractivity (Wildman–Crippen MR) is 91.3 cm³/mol. The third kappa shape index (κ3) is 5.98. The molecule has 2 N–H and O–H groups in total. The van der Waals surface area contributed by atoms with Gasteiger partial charge < -0.3 is 5.32 Å². The molecule has 0 fully saturated rings. The lowest BCUT2D eigenvalue weighted by molar-refractivity contribution is 0.557. The van der Waals surface area contributed by atoms with Gasteiger partial charge in [-0.05, 0) is 62.1 Å². The third-order valence-electron chi connectivity index (χ3n) is 3.31. The number of thioether (sulfide) groups is 1. The van der Waals surface area contributed by atoms with Gasteiger partial charge in [0.15, 0.2) is 0 Å². The first-order chi connectivity index (χ1) is 9.90. The van der Waals surface area contributed by atoms with E-state index in [-0.39, 0.29) is 6.04 Å². The smallest absolute Gasteiger partial charge is 0.240 e. The molecule has 0 spiro atoms. The number of benzene rings is 1. The molecule has 1 atom stereocenters. The fourth-order valence-corrected chi connectivity index (χ4v) is 3.87. The Labute approximate surface area is 133 Å². The quantitative estimate of drug-likeness (QED) is 0.730. The second-order valence-corrected chi connectivity index (χ2v) is 7.87. The maximum absolute atomic E-state index is 12.4. The van der Waals surface area contributed by atoms with Crippen LogP contribution in [0.25, 0.3) is 0 Å². The first-order valence-corrected chi connectivity index (χ1v) is 10.1. The van der Waals surface area contributed by atoms with Crippen molar-refractivity contribution in [1.29, 1.82) is 0 Å². The van der Waals surface area contributed by atoms with Crippen molar-refractivity contribution in [3.05, 3.63) is 29.3 Å². The highest BCUT2D eigenvalue weighted by molar-refractivity contribution is 7.98. The minimum absolute atomic E-state index is 0.0547. The number of nitrogens with one attached hydrogen (secondary N) is 2. The van der Waals surface area contributed by atoms with Crippen LogP contribution in [0.5, 0.6) is 0 Å². The Morgan fingerprint density at radius 1 is 1.33 bits per heavy atom. The zero-order valence-electron chi connectivity index (χ0n) is 13.3. The molecule has 4 nitrogen and oxygen atoms in total. The summed E-state index contributed by atoms with van der Waals surface area (Å²) in [5.74, 6) is 0.948. The highest BCUT2D eigenvalue weighted by atomic mass is 32.2. The van der Waals surface area contributed by atoms with E-state index in [1.807, 2.05) is 33.1 Å². The molecule has 0 aliphatic rings. The summed E-state index contributed by atoms with van der Waals surface area (Å²) in [4.78, 5) is 0.344. The second-order valence-electron chi connectivity index (χ2n) is 5.17. The van der Waals surface area contributed by atoms with Gasteiger partial charge >= 0.3 is 0 Å². The van der Waals surface area contributed by atoms with E-state index in [9.17, 15) is 8.42 Å². The standard InChI is InChI=1S/C15H26N2O2S2/c1-5-16-11-14-10-15(7-6-12(14)2)21(18,19)17-13(3)8-9-20-4/h6-7,10,13,16-17H,5,8-9,11H2,1-4H3. The van der Waals surface area contributed by atoms with Crippen molar-refractivity contribution in [3.8, 4) is 0 Å². The van der Waals surface area contributed by atoms with Gasteiger partial charge in [-0.25, -0.2) is 13.1 Å². The van der Waals surface area contributed by atoms with Gasteiger partial charge in [-0.15, -0.1) is 0 Å². The van der Waals surface area contributed by atoms with Crippen LogP contribution in [0.2, 0.25) is 0 Å². The van der Waals surface area contributed by atoms with Gasteiger partial charge in [0.05, 0.1) is 4.90 Å². The van der Waals surface area contributed by atoms with E-state index in [1.165, 1.54) is 0 Å². The average Bonchev–Trinajstić information content (AvgIpc) is 2.43. The van der Waals surface area contributed by atoms with Crippen LogP contribution in [-0.4, -0.2) is 33.0 Å². The van der Waals surface area contributed by atoms with Crippen molar-refractivity contribution >= 4 is 21.8 Å². The Hall–Kier alpha value is -0.560. The minimum Gasteiger partial charge on any atom is -0.313 e. The zero-order valence-corrected chi connectivity index (χ0v) is 14.9. The fraction of sp³-hybridized carbons (Fsp3) is 0.600. The first-order valence-electron chi connectivity index (χ1n) is 7.22. The van der Waals surface area contributed by atoms with Crippen LogP contribution in [0.1, 0.15) is 31.4 Å². The minimum atomic E-state index is -3.44. The molecule has 1 rings (SSSR count). The fourth-order valence-electron chi connectivity index (χ4n) is 1.95. The number of sulfonamides is 1. The van der Waals surface area contributed by atoms with Crippen molar-refractivity contribution in [2.45, 2.75) is 44.7 Å². The van der Waals surface area contributed by atoms with Crippen LogP contribution in [-0.2, 0) is 16.6 Å². The van der Waals surface area contributed by atoms with Crippen molar-refractivity contribution in [2.24, 2.45) is 0 Å². The van der Waals surface area contributed by atoms with Crippen LogP contribution in [0.4, 0.5) is 0 Å². The number of hydrogen-bond donors (Lipinski definition) is 2. The Kier molecular flexibility index (Phi) is 7.73. The van der Waals surface area contributed by atoms with Gasteiger partial charge in [-0.3, -0.25) is 0 Å². The lowest BCUT2D eigenvalue weighted by Crippen LogP contribution is -2.33. The molecule has 0 saturated carbocycles. The van der Waals surface area contributed by atoms with Gasteiger partial charge in [0.2, 0.25) is 10.0 Å². The molecule has 6 heteroatoms. The molecular formula is C15H26N2O2S2. The molecule has 1 aromatic rings. The predicted octanol–water partition coefficient (Wildman–Crippen LogP) is 2.52. The number of rotatable bonds is 9. The normalized spacial score (nSPS) is 13.3. The lowest BCUT2D eigenvalue weighted by Gasteiger charge is -2.15. The lowest BCUT2D eigenvalue weighted by atomic mass is 10.1. The van der Waals surface area contributed by atoms with Crippen molar-refractivity contribution in [3.63, 3.8) is 0 Å². The molecule has 0 bridgehead atoms. The SMILES string of the molecule is CCNCc1cc(S(=O)(=O)NC(C)CCSC)ccc1C. The highest BCUT2D eigenvalue weighted by Crippen LogP contribution is 2.16. The molecule has 0 amide bonds. The highest BCUT2D eigenvalue weighted by Gasteiger charge is 2.18. The van der Waals surface area contributed by atoms with E-state index < -0.39 is 10.0 Å². The first kappa shape index (κ1) is 18.5. The summed E-state index contributed by atoms with van der Waals surface area (Å²) in [7, 11) is -3.44. The molecule has 0 aliphatic heterocycles. The monoisotopic (exact) mass is 330 g/mol. The average molecular weight is 331 g/mol. The Balaban J connectivity index is 2.87. The molecule has 120 valence electrons. The maximum atomic E-state index is 12.4. The van der Waals surface area contributed by atoms with E-state index >= 15 is 0 Å². The second kappa shape index (κ2) is 8.78. The Morgan fingerprint density at radius 2 is 2.05 bits per heavy atom. The van der Waals surface area contributed by atoms with Gasteiger partial charge in [0.25, 0.3) is 0 Å². The van der Waals surface area contributed by atoms with Gasteiger partial charge in [0, 0.05) is 12.6 Å². The van der Waals surface area contributed by atoms with Crippen LogP contribution in [0.15, 0.2) is 23.1 Å². The summed E-state index contributed by atoms with van der Waals surface area (Å²) >= 11 is 1.72. The van der Waals surface area contributed by atoms with Crippen molar-refractivity contribution in [2.75, 3.05) is 18.6 Å². The molecule has 0 heterocycles. The van der Waals surface area contributed by atoms with E-state index in [0.717, 1.165) is 29.8 Å². The molecule has 0 radical (unpaired) electrons. The van der Waals surface area contributed by atoms with Gasteiger partial charge in [-0.1, -0.05) is 13.0 Å². The topological polar surface area (TPSA) is 58.2 Å². The van der Waals surface area contributed by atoms with Crippen molar-refractivity contribution < 1.29 is 8.42 Å². The summed E-state index contributed by atoms with van der Waals surface area (Å²) in [6.07, 6.45) is 2.85. The molecule has 0 saturated heterocycles. The molecule has 0 aliphatic carbocycles. The Bertz CT molecular complexity index is 545. The van der Waals surface area contributed by atoms with E-state index in [4.69, 9.17) is 0 Å². The Morgan fingerprint density at radius 3 is 2.67 bits per heavy atom. The molecule has 21 heavy (non-hydrogen) atoms. The van der Waals surface area contributed by atoms with E-state index in [2.05, 4.69) is 10.0 Å².